The first-order valence-electron chi connectivity index (χ1n) is 8.89. The second kappa shape index (κ2) is 6.01. The topological polar surface area (TPSA) is 80.1 Å². The summed E-state index contributed by atoms with van der Waals surface area (Å²) in [6, 6.07) is 10.6. The fourth-order valence-corrected chi connectivity index (χ4v) is 3.93. The van der Waals surface area contributed by atoms with Crippen molar-refractivity contribution in [3.63, 3.8) is 0 Å². The van der Waals surface area contributed by atoms with Crippen LogP contribution in [0.15, 0.2) is 42.7 Å². The lowest BCUT2D eigenvalue weighted by Gasteiger charge is -2.15. The van der Waals surface area contributed by atoms with Crippen molar-refractivity contribution in [2.24, 2.45) is 0 Å². The van der Waals surface area contributed by atoms with Crippen LogP contribution in [0.5, 0.6) is 5.75 Å². The molecule has 1 fully saturated rings. The van der Waals surface area contributed by atoms with E-state index in [1.54, 1.807) is 13.3 Å². The molecule has 0 saturated heterocycles. The van der Waals surface area contributed by atoms with Crippen LogP contribution < -0.4 is 10.1 Å². The van der Waals surface area contributed by atoms with Crippen LogP contribution in [0.3, 0.4) is 0 Å². The number of nitrogens with zero attached hydrogens (tertiary/aromatic N) is 4. The molecule has 5 rings (SSSR count). The summed E-state index contributed by atoms with van der Waals surface area (Å²) < 4.78 is 7.36. The molecule has 1 aliphatic carbocycles. The smallest absolute Gasteiger partial charge is 0.179 e. The third-order valence-corrected chi connectivity index (χ3v) is 5.23. The zero-order chi connectivity index (χ0) is 17.5. The predicted octanol–water partition coefficient (Wildman–Crippen LogP) is 3.36. The maximum Gasteiger partial charge on any atom is 0.179 e. The fraction of sp³-hybridized carbons (Fsp3) is 0.316. The van der Waals surface area contributed by atoms with Crippen molar-refractivity contribution in [1.82, 2.24) is 24.6 Å². The van der Waals surface area contributed by atoms with Gasteiger partial charge in [0.2, 0.25) is 0 Å². The molecule has 132 valence electrons. The Hall–Kier alpha value is -3.09. The first kappa shape index (κ1) is 15.2. The van der Waals surface area contributed by atoms with Crippen molar-refractivity contribution in [3.05, 3.63) is 48.5 Å². The van der Waals surface area contributed by atoms with E-state index in [1.807, 2.05) is 24.4 Å². The maximum atomic E-state index is 5.22. The molecule has 3 heterocycles. The molecule has 0 unspecified atom stereocenters. The van der Waals surface area contributed by atoms with E-state index in [0.29, 0.717) is 12.0 Å². The molecule has 0 bridgehead atoms. The Bertz CT molecular complexity index is 1050. The Morgan fingerprint density at radius 2 is 2.04 bits per heavy atom. The molecule has 7 nitrogen and oxygen atoms in total. The van der Waals surface area contributed by atoms with Crippen LogP contribution in [0.1, 0.15) is 31.0 Å². The summed E-state index contributed by atoms with van der Waals surface area (Å²) >= 11 is 0. The van der Waals surface area contributed by atoms with E-state index in [0.717, 1.165) is 53.3 Å². The van der Waals surface area contributed by atoms with E-state index in [9.17, 15) is 0 Å². The zero-order valence-electron chi connectivity index (χ0n) is 14.5. The molecule has 3 aromatic heterocycles. The van der Waals surface area contributed by atoms with Gasteiger partial charge in [0, 0.05) is 23.8 Å². The minimum Gasteiger partial charge on any atom is -0.497 e. The Morgan fingerprint density at radius 3 is 2.88 bits per heavy atom. The standard InChI is InChI=1S/C19H20N6O/c1-26-15-6-4-13(5-7-15)22-14-3-2-12(10-14)19-24-23-17-11-21-18-16(25(17)19)8-9-20-18/h4-9,11-12,14,20,22H,2-3,10H2,1H3/t12-,14-/m1/s1. The summed E-state index contributed by atoms with van der Waals surface area (Å²) in [6.07, 6.45) is 6.94. The summed E-state index contributed by atoms with van der Waals surface area (Å²) in [4.78, 5) is 7.55. The molecular formula is C19H20N6O. The highest BCUT2D eigenvalue weighted by atomic mass is 16.5. The van der Waals surface area contributed by atoms with Crippen LogP contribution >= 0.6 is 0 Å². The van der Waals surface area contributed by atoms with Crippen molar-refractivity contribution in [1.29, 1.82) is 0 Å². The molecule has 0 spiro atoms. The lowest BCUT2D eigenvalue weighted by atomic mass is 10.1. The van der Waals surface area contributed by atoms with Gasteiger partial charge in [0.25, 0.3) is 0 Å². The number of benzene rings is 1. The van der Waals surface area contributed by atoms with E-state index in [1.165, 1.54) is 0 Å². The van der Waals surface area contributed by atoms with Gasteiger partial charge in [-0.25, -0.2) is 4.98 Å². The molecule has 1 aromatic carbocycles. The van der Waals surface area contributed by atoms with Gasteiger partial charge in [-0.05, 0) is 49.6 Å². The van der Waals surface area contributed by atoms with Crippen LogP contribution in [0, 0.1) is 0 Å². The third kappa shape index (κ3) is 2.47. The second-order valence-electron chi connectivity index (χ2n) is 6.80. The average molecular weight is 348 g/mol. The SMILES string of the molecule is COc1ccc(N[C@@H]2CC[C@@H](c3nnc4cnc5[nH]ccc5n34)C2)cc1. The number of fused-ring (bicyclic) bond motifs is 3. The van der Waals surface area contributed by atoms with Gasteiger partial charge >= 0.3 is 0 Å². The summed E-state index contributed by atoms with van der Waals surface area (Å²) in [5.41, 5.74) is 3.83. The van der Waals surface area contributed by atoms with Crippen molar-refractivity contribution in [2.75, 3.05) is 12.4 Å². The van der Waals surface area contributed by atoms with E-state index in [2.05, 4.69) is 42.0 Å². The highest BCUT2D eigenvalue weighted by Crippen LogP contribution is 2.36. The second-order valence-corrected chi connectivity index (χ2v) is 6.80. The molecule has 0 amide bonds. The van der Waals surface area contributed by atoms with Crippen LogP contribution in [0.2, 0.25) is 0 Å². The number of hydrogen-bond acceptors (Lipinski definition) is 5. The summed E-state index contributed by atoms with van der Waals surface area (Å²) in [5.74, 6) is 2.30. The van der Waals surface area contributed by atoms with Crippen LogP contribution in [0.4, 0.5) is 5.69 Å². The summed E-state index contributed by atoms with van der Waals surface area (Å²) in [6.45, 7) is 0. The number of hydrogen-bond donors (Lipinski definition) is 2. The normalized spacial score (nSPS) is 20.0. The average Bonchev–Trinajstić information content (AvgIpc) is 3.40. The Kier molecular flexibility index (Phi) is 3.51. The Morgan fingerprint density at radius 1 is 1.15 bits per heavy atom. The molecule has 0 aliphatic heterocycles. The zero-order valence-corrected chi connectivity index (χ0v) is 14.5. The molecule has 7 heteroatoms. The Balaban J connectivity index is 1.38. The Labute approximate surface area is 150 Å². The van der Waals surface area contributed by atoms with Crippen molar-refractivity contribution in [2.45, 2.75) is 31.2 Å². The minimum atomic E-state index is 0.390. The molecule has 1 aliphatic rings. The van der Waals surface area contributed by atoms with Gasteiger partial charge in [-0.3, -0.25) is 4.40 Å². The molecule has 26 heavy (non-hydrogen) atoms. The van der Waals surface area contributed by atoms with Gasteiger partial charge in [-0.2, -0.15) is 0 Å². The van der Waals surface area contributed by atoms with Crippen LogP contribution in [-0.4, -0.2) is 37.7 Å². The van der Waals surface area contributed by atoms with Crippen molar-refractivity contribution in [3.8, 4) is 5.75 Å². The minimum absolute atomic E-state index is 0.390. The highest BCUT2D eigenvalue weighted by molar-refractivity contribution is 5.74. The number of H-pyrrole nitrogens is 1. The van der Waals surface area contributed by atoms with Crippen molar-refractivity contribution < 1.29 is 4.74 Å². The highest BCUT2D eigenvalue weighted by Gasteiger charge is 2.29. The first-order valence-corrected chi connectivity index (χ1v) is 8.89. The molecule has 0 radical (unpaired) electrons. The van der Waals surface area contributed by atoms with Gasteiger partial charge in [-0.15, -0.1) is 10.2 Å². The molecule has 1 saturated carbocycles. The van der Waals surface area contributed by atoms with Gasteiger partial charge in [0.15, 0.2) is 11.3 Å². The summed E-state index contributed by atoms with van der Waals surface area (Å²) in [5, 5.41) is 12.4. The number of anilines is 1. The number of nitrogens with one attached hydrogen (secondary N) is 2. The van der Waals surface area contributed by atoms with E-state index >= 15 is 0 Å². The van der Waals surface area contributed by atoms with E-state index < -0.39 is 0 Å². The molecule has 4 aromatic rings. The molecular weight excluding hydrogens is 328 g/mol. The van der Waals surface area contributed by atoms with Crippen LogP contribution in [-0.2, 0) is 0 Å². The number of methoxy groups -OCH3 is 1. The fourth-order valence-electron chi connectivity index (χ4n) is 3.93. The number of aromatic nitrogens is 5. The summed E-state index contributed by atoms with van der Waals surface area (Å²) in [7, 11) is 1.68. The van der Waals surface area contributed by atoms with Gasteiger partial charge in [-0.1, -0.05) is 0 Å². The molecule has 2 atom stereocenters. The largest absolute Gasteiger partial charge is 0.497 e. The predicted molar refractivity (Wildman–Crippen MR) is 99.6 cm³/mol. The number of ether oxygens (including phenoxy) is 1. The van der Waals surface area contributed by atoms with Crippen LogP contribution in [0.25, 0.3) is 16.8 Å². The maximum absolute atomic E-state index is 5.22. The van der Waals surface area contributed by atoms with Gasteiger partial charge in [0.1, 0.15) is 11.6 Å². The first-order chi connectivity index (χ1) is 12.8. The monoisotopic (exact) mass is 348 g/mol. The number of aromatic amines is 1. The third-order valence-electron chi connectivity index (χ3n) is 5.23. The lowest BCUT2D eigenvalue weighted by molar-refractivity contribution is 0.415. The molecule has 2 N–H and O–H groups in total. The van der Waals surface area contributed by atoms with E-state index in [4.69, 9.17) is 4.74 Å². The number of rotatable bonds is 4. The van der Waals surface area contributed by atoms with Gasteiger partial charge < -0.3 is 15.0 Å². The quantitative estimate of drug-likeness (QED) is 0.591. The van der Waals surface area contributed by atoms with E-state index in [-0.39, 0.29) is 0 Å². The lowest BCUT2D eigenvalue weighted by Crippen LogP contribution is -2.15. The van der Waals surface area contributed by atoms with Gasteiger partial charge in [0.05, 0.1) is 18.8 Å². The van der Waals surface area contributed by atoms with Crippen molar-refractivity contribution >= 4 is 22.5 Å².